The second-order valence-corrected chi connectivity index (χ2v) is 5.28. The summed E-state index contributed by atoms with van der Waals surface area (Å²) in [6.45, 7) is 4.92. The number of nitrogens with one attached hydrogen (secondary N) is 2. The first-order chi connectivity index (χ1) is 11.4. The van der Waals surface area contributed by atoms with Crippen molar-refractivity contribution in [3.05, 3.63) is 71.8 Å². The fourth-order valence-electron chi connectivity index (χ4n) is 2.12. The smallest absolute Gasteiger partial charge is 0.207 e. The lowest BCUT2D eigenvalue weighted by Gasteiger charge is -2.00. The van der Waals surface area contributed by atoms with Crippen molar-refractivity contribution < 1.29 is 4.79 Å². The van der Waals surface area contributed by atoms with E-state index in [-0.39, 0.29) is 0 Å². The zero-order chi connectivity index (χ0) is 16.6. The molecule has 0 aliphatic carbocycles. The molecule has 0 fully saturated rings. The highest BCUT2D eigenvalue weighted by atomic mass is 16.1. The number of carbonyl (C=O) groups is 1. The Bertz CT molecular complexity index is 500. The average Bonchev–Trinajstić information content (AvgIpc) is 2.62. The number of benzene rings is 2. The van der Waals surface area contributed by atoms with Crippen molar-refractivity contribution >= 4 is 6.41 Å². The van der Waals surface area contributed by atoms with E-state index < -0.39 is 0 Å². The highest BCUT2D eigenvalue weighted by Crippen LogP contribution is 2.03. The van der Waals surface area contributed by atoms with Crippen molar-refractivity contribution in [2.24, 2.45) is 0 Å². The van der Waals surface area contributed by atoms with Gasteiger partial charge in [0.15, 0.2) is 0 Å². The Kier molecular flexibility index (Phi) is 11.1. The largest absolute Gasteiger partial charge is 0.359 e. The van der Waals surface area contributed by atoms with Crippen LogP contribution in [0.3, 0.4) is 0 Å². The Hall–Kier alpha value is -2.13. The fourth-order valence-corrected chi connectivity index (χ4v) is 2.12. The van der Waals surface area contributed by atoms with Crippen molar-refractivity contribution in [2.45, 2.75) is 32.7 Å². The second-order valence-electron chi connectivity index (χ2n) is 5.28. The first-order valence-electron chi connectivity index (χ1n) is 8.32. The third-order valence-electron chi connectivity index (χ3n) is 3.38. The second kappa shape index (κ2) is 13.5. The van der Waals surface area contributed by atoms with E-state index in [1.807, 2.05) is 12.1 Å². The maximum absolute atomic E-state index is 9.93. The molecule has 0 unspecified atom stereocenters. The monoisotopic (exact) mass is 312 g/mol. The van der Waals surface area contributed by atoms with Crippen molar-refractivity contribution in [3.63, 3.8) is 0 Å². The van der Waals surface area contributed by atoms with Gasteiger partial charge in [0.05, 0.1) is 0 Å². The molecule has 0 heterocycles. The summed E-state index contributed by atoms with van der Waals surface area (Å²) in [6.07, 6.45) is 4.03. The van der Waals surface area contributed by atoms with Gasteiger partial charge in [0.1, 0.15) is 0 Å². The summed E-state index contributed by atoms with van der Waals surface area (Å²) < 4.78 is 0. The van der Waals surface area contributed by atoms with Gasteiger partial charge in [-0.25, -0.2) is 0 Å². The molecule has 0 aliphatic heterocycles. The summed E-state index contributed by atoms with van der Waals surface area (Å²) in [5, 5.41) is 5.92. The summed E-state index contributed by atoms with van der Waals surface area (Å²) in [7, 11) is 0. The van der Waals surface area contributed by atoms with E-state index in [0.717, 1.165) is 45.3 Å². The number of unbranched alkanes of at least 4 members (excludes halogenated alkanes) is 1. The molecule has 0 aromatic heterocycles. The molecule has 124 valence electrons. The van der Waals surface area contributed by atoms with Crippen LogP contribution in [0.1, 0.15) is 30.9 Å². The molecular weight excluding hydrogens is 284 g/mol. The predicted octanol–water partition coefficient (Wildman–Crippen LogP) is 3.55. The van der Waals surface area contributed by atoms with E-state index in [1.54, 1.807) is 0 Å². The first-order valence-corrected chi connectivity index (χ1v) is 8.32. The van der Waals surface area contributed by atoms with Gasteiger partial charge in [-0.3, -0.25) is 4.79 Å². The molecule has 3 heteroatoms. The fraction of sp³-hybridized carbons (Fsp3) is 0.350. The molecule has 0 spiro atoms. The van der Waals surface area contributed by atoms with E-state index in [9.17, 15) is 4.79 Å². The molecule has 2 aromatic carbocycles. The van der Waals surface area contributed by atoms with Crippen LogP contribution < -0.4 is 10.6 Å². The zero-order valence-electron chi connectivity index (χ0n) is 14.0. The number of amides is 1. The number of hydrogen-bond donors (Lipinski definition) is 2. The highest BCUT2D eigenvalue weighted by Gasteiger charge is 1.91. The number of rotatable bonds is 9. The maximum atomic E-state index is 9.93. The highest BCUT2D eigenvalue weighted by molar-refractivity contribution is 5.45. The molecule has 2 N–H and O–H groups in total. The molecular formula is C20H28N2O. The third-order valence-corrected chi connectivity index (χ3v) is 3.38. The van der Waals surface area contributed by atoms with Gasteiger partial charge in [-0.1, -0.05) is 67.6 Å². The van der Waals surface area contributed by atoms with Gasteiger partial charge in [-0.15, -0.1) is 0 Å². The Morgan fingerprint density at radius 3 is 2.04 bits per heavy atom. The predicted molar refractivity (Wildman–Crippen MR) is 97.3 cm³/mol. The quantitative estimate of drug-likeness (QED) is 0.549. The zero-order valence-corrected chi connectivity index (χ0v) is 14.0. The minimum Gasteiger partial charge on any atom is -0.359 e. The van der Waals surface area contributed by atoms with Crippen LogP contribution >= 0.6 is 0 Å². The average molecular weight is 312 g/mol. The van der Waals surface area contributed by atoms with Gasteiger partial charge in [0, 0.05) is 13.1 Å². The number of hydrogen-bond acceptors (Lipinski definition) is 2. The Morgan fingerprint density at radius 2 is 1.48 bits per heavy atom. The molecule has 0 atom stereocenters. The van der Waals surface area contributed by atoms with Crippen molar-refractivity contribution in [2.75, 3.05) is 13.1 Å². The van der Waals surface area contributed by atoms with Gasteiger partial charge in [0.2, 0.25) is 6.41 Å². The van der Waals surface area contributed by atoms with E-state index in [0.29, 0.717) is 0 Å². The maximum Gasteiger partial charge on any atom is 0.207 e. The van der Waals surface area contributed by atoms with E-state index in [1.165, 1.54) is 11.1 Å². The van der Waals surface area contributed by atoms with E-state index in [2.05, 4.69) is 66.1 Å². The van der Waals surface area contributed by atoms with Gasteiger partial charge in [-0.05, 0) is 36.9 Å². The topological polar surface area (TPSA) is 41.1 Å². The molecule has 23 heavy (non-hydrogen) atoms. The van der Waals surface area contributed by atoms with Crippen LogP contribution in [0.5, 0.6) is 0 Å². The van der Waals surface area contributed by atoms with Gasteiger partial charge < -0.3 is 10.6 Å². The van der Waals surface area contributed by atoms with Gasteiger partial charge in [0.25, 0.3) is 0 Å². The van der Waals surface area contributed by atoms with Gasteiger partial charge >= 0.3 is 0 Å². The lowest BCUT2D eigenvalue weighted by molar-refractivity contribution is -0.109. The molecule has 0 bridgehead atoms. The van der Waals surface area contributed by atoms with Crippen molar-refractivity contribution in [3.8, 4) is 0 Å². The van der Waals surface area contributed by atoms with E-state index in [4.69, 9.17) is 0 Å². The summed E-state index contributed by atoms with van der Waals surface area (Å²) in [5.41, 5.74) is 2.72. The summed E-state index contributed by atoms with van der Waals surface area (Å²) in [5.74, 6) is 0. The normalized spacial score (nSPS) is 9.61. The van der Waals surface area contributed by atoms with Crippen LogP contribution in [-0.4, -0.2) is 19.5 Å². The van der Waals surface area contributed by atoms with Crippen LogP contribution in [-0.2, 0) is 17.8 Å². The van der Waals surface area contributed by atoms with Crippen molar-refractivity contribution in [1.82, 2.24) is 10.6 Å². The molecule has 0 radical (unpaired) electrons. The Morgan fingerprint density at radius 1 is 0.870 bits per heavy atom. The van der Waals surface area contributed by atoms with Crippen molar-refractivity contribution in [1.29, 1.82) is 0 Å². The van der Waals surface area contributed by atoms with Crippen LogP contribution in [0.15, 0.2) is 60.7 Å². The van der Waals surface area contributed by atoms with Crippen LogP contribution in [0, 0.1) is 0 Å². The molecule has 0 aliphatic rings. The Balaban J connectivity index is 0.000000238. The Labute approximate surface area is 140 Å². The number of carbonyl (C=O) groups excluding carboxylic acids is 1. The van der Waals surface area contributed by atoms with Crippen LogP contribution in [0.2, 0.25) is 0 Å². The minimum atomic E-state index is 0.752. The lowest BCUT2D eigenvalue weighted by atomic mass is 10.1. The molecule has 2 rings (SSSR count). The summed E-state index contributed by atoms with van der Waals surface area (Å²) in [4.78, 5) is 9.93. The SMILES string of the molecule is CCNCc1ccccc1.O=CNCCCCc1ccccc1. The van der Waals surface area contributed by atoms with E-state index >= 15 is 0 Å². The number of aryl methyl sites for hydroxylation is 1. The molecule has 0 saturated carbocycles. The molecule has 3 nitrogen and oxygen atoms in total. The lowest BCUT2D eigenvalue weighted by Crippen LogP contribution is -2.11. The molecule has 1 amide bonds. The van der Waals surface area contributed by atoms with Gasteiger partial charge in [-0.2, -0.15) is 0 Å². The molecule has 0 saturated heterocycles. The minimum absolute atomic E-state index is 0.752. The first kappa shape index (κ1) is 18.9. The third kappa shape index (κ3) is 10.3. The van der Waals surface area contributed by atoms with Crippen LogP contribution in [0.25, 0.3) is 0 Å². The summed E-state index contributed by atoms with van der Waals surface area (Å²) in [6, 6.07) is 20.8. The summed E-state index contributed by atoms with van der Waals surface area (Å²) >= 11 is 0. The van der Waals surface area contributed by atoms with Crippen LogP contribution in [0.4, 0.5) is 0 Å². The standard InChI is InChI=1S/C11H15NO.C9H13N/c13-10-12-9-5-4-8-11-6-2-1-3-7-11;1-2-10-8-9-6-4-3-5-7-9/h1-3,6-7,10H,4-5,8-9H2,(H,12,13);3-7,10H,2,8H2,1H3. The molecule has 2 aromatic rings.